The number of hydrogen-bond acceptors (Lipinski definition) is 3. The Hall–Kier alpha value is -2.40. The molecule has 0 spiro atoms. The normalized spacial score (nSPS) is 12.0. The molecule has 0 saturated heterocycles. The third-order valence-electron chi connectivity index (χ3n) is 3.93. The Morgan fingerprint density at radius 3 is 2.25 bits per heavy atom. The zero-order valence-corrected chi connectivity index (χ0v) is 14.6. The summed E-state index contributed by atoms with van der Waals surface area (Å²) < 4.78 is 0. The quantitative estimate of drug-likeness (QED) is 0.851. The Labute approximate surface area is 144 Å². The summed E-state index contributed by atoms with van der Waals surface area (Å²) in [5, 5.41) is 3.17. The molecule has 0 fully saturated rings. The van der Waals surface area contributed by atoms with Crippen molar-refractivity contribution in [2.24, 2.45) is 0 Å². The van der Waals surface area contributed by atoms with Crippen molar-refractivity contribution in [1.82, 2.24) is 20.1 Å². The molecule has 0 aliphatic heterocycles. The molecule has 2 rings (SSSR count). The van der Waals surface area contributed by atoms with Crippen LogP contribution in [0.1, 0.15) is 24.1 Å². The predicted molar refractivity (Wildman–Crippen MR) is 96.9 cm³/mol. The Balaban J connectivity index is 2.17. The predicted octanol–water partition coefficient (Wildman–Crippen LogP) is 2.76. The number of carbonyl (C=O) groups is 1. The molecular weight excluding hydrogens is 300 g/mol. The number of urea groups is 1. The minimum Gasteiger partial charge on any atom is -0.327 e. The summed E-state index contributed by atoms with van der Waals surface area (Å²) in [7, 11) is 4.02. The molecule has 0 saturated carbocycles. The molecular formula is C19H26N4O. The zero-order valence-electron chi connectivity index (χ0n) is 14.6. The number of likely N-dealkylation sites (N-methyl/N-ethyl adjacent to an activating group) is 2. The van der Waals surface area contributed by atoms with E-state index in [0.717, 1.165) is 17.7 Å². The highest BCUT2D eigenvalue weighted by atomic mass is 16.2. The first-order chi connectivity index (χ1) is 11.6. The van der Waals surface area contributed by atoms with Crippen molar-refractivity contribution in [3.63, 3.8) is 0 Å². The summed E-state index contributed by atoms with van der Waals surface area (Å²) in [5.74, 6) is 0. The smallest absolute Gasteiger partial charge is 0.318 e. The number of pyridine rings is 1. The van der Waals surface area contributed by atoms with Crippen molar-refractivity contribution in [3.8, 4) is 0 Å². The number of aromatic nitrogens is 1. The average molecular weight is 326 g/mol. The first-order valence-electron chi connectivity index (χ1n) is 8.27. The minimum atomic E-state index is -0.185. The fourth-order valence-electron chi connectivity index (χ4n) is 2.50. The molecule has 0 unspecified atom stereocenters. The van der Waals surface area contributed by atoms with Gasteiger partial charge in [0.15, 0.2) is 0 Å². The summed E-state index contributed by atoms with van der Waals surface area (Å²) in [6, 6.07) is 13.6. The van der Waals surface area contributed by atoms with Crippen molar-refractivity contribution in [1.29, 1.82) is 0 Å². The van der Waals surface area contributed by atoms with E-state index in [4.69, 9.17) is 0 Å². The van der Waals surface area contributed by atoms with Gasteiger partial charge in [0.2, 0.25) is 0 Å². The van der Waals surface area contributed by atoms with Crippen molar-refractivity contribution >= 4 is 6.03 Å². The van der Waals surface area contributed by atoms with Gasteiger partial charge in [-0.15, -0.1) is 0 Å². The fourth-order valence-corrected chi connectivity index (χ4v) is 2.50. The molecule has 0 bridgehead atoms. The maximum absolute atomic E-state index is 12.7. The van der Waals surface area contributed by atoms with Gasteiger partial charge in [0, 0.05) is 32.0 Å². The van der Waals surface area contributed by atoms with Gasteiger partial charge in [-0.3, -0.25) is 4.98 Å². The van der Waals surface area contributed by atoms with E-state index >= 15 is 0 Å². The van der Waals surface area contributed by atoms with Gasteiger partial charge in [-0.1, -0.05) is 30.3 Å². The lowest BCUT2D eigenvalue weighted by atomic mass is 10.00. The number of carbonyl (C=O) groups excluding carboxylic acids is 1. The van der Waals surface area contributed by atoms with Gasteiger partial charge in [-0.25, -0.2) is 4.79 Å². The van der Waals surface area contributed by atoms with Crippen LogP contribution >= 0.6 is 0 Å². The molecule has 0 radical (unpaired) electrons. The molecule has 2 amide bonds. The van der Waals surface area contributed by atoms with Crippen LogP contribution in [-0.2, 0) is 0 Å². The topological polar surface area (TPSA) is 48.5 Å². The van der Waals surface area contributed by atoms with E-state index < -0.39 is 0 Å². The number of amides is 2. The van der Waals surface area contributed by atoms with Crippen LogP contribution < -0.4 is 5.32 Å². The zero-order chi connectivity index (χ0) is 17.4. The summed E-state index contributed by atoms with van der Waals surface area (Å²) in [5.41, 5.74) is 2.08. The fraction of sp³-hybridized carbons (Fsp3) is 0.368. The number of nitrogens with zero attached hydrogens (tertiary/aromatic N) is 3. The van der Waals surface area contributed by atoms with Gasteiger partial charge < -0.3 is 15.1 Å². The molecule has 0 aliphatic rings. The highest BCUT2D eigenvalue weighted by Gasteiger charge is 2.20. The number of rotatable bonds is 7. The average Bonchev–Trinajstić information content (AvgIpc) is 2.61. The van der Waals surface area contributed by atoms with E-state index in [1.54, 1.807) is 12.4 Å². The standard InChI is InChI=1S/C19H26N4O/c1-4-23(15-14-22(2)3)19(24)21-18(16-8-6-5-7-9-16)17-10-12-20-13-11-17/h5-13,18H,4,14-15H2,1-3H3,(H,21,24)/t18-/m0/s1. The molecule has 5 heteroatoms. The third-order valence-corrected chi connectivity index (χ3v) is 3.93. The maximum atomic E-state index is 12.7. The number of nitrogens with one attached hydrogen (secondary N) is 1. The van der Waals surface area contributed by atoms with Gasteiger partial charge >= 0.3 is 6.03 Å². The summed E-state index contributed by atoms with van der Waals surface area (Å²) in [6.07, 6.45) is 3.50. The van der Waals surface area contributed by atoms with Crippen molar-refractivity contribution < 1.29 is 4.79 Å². The molecule has 128 valence electrons. The van der Waals surface area contributed by atoms with E-state index in [0.29, 0.717) is 13.1 Å². The van der Waals surface area contributed by atoms with E-state index in [9.17, 15) is 4.79 Å². The molecule has 0 aliphatic carbocycles. The van der Waals surface area contributed by atoms with Crippen LogP contribution in [0.5, 0.6) is 0 Å². The van der Waals surface area contributed by atoms with E-state index in [1.165, 1.54) is 0 Å². The number of hydrogen-bond donors (Lipinski definition) is 1. The van der Waals surface area contributed by atoms with Crippen LogP contribution in [0.25, 0.3) is 0 Å². The van der Waals surface area contributed by atoms with Crippen LogP contribution in [0.2, 0.25) is 0 Å². The van der Waals surface area contributed by atoms with Crippen molar-refractivity contribution in [2.45, 2.75) is 13.0 Å². The molecule has 1 aromatic heterocycles. The lowest BCUT2D eigenvalue weighted by Gasteiger charge is -2.27. The molecule has 1 aromatic carbocycles. The van der Waals surface area contributed by atoms with Crippen LogP contribution in [0, 0.1) is 0 Å². The molecule has 24 heavy (non-hydrogen) atoms. The largest absolute Gasteiger partial charge is 0.327 e. The molecule has 1 heterocycles. The first kappa shape index (κ1) is 17.9. The lowest BCUT2D eigenvalue weighted by molar-refractivity contribution is 0.192. The van der Waals surface area contributed by atoms with Crippen molar-refractivity contribution in [2.75, 3.05) is 33.7 Å². The highest BCUT2D eigenvalue weighted by Crippen LogP contribution is 2.21. The maximum Gasteiger partial charge on any atom is 0.318 e. The van der Waals surface area contributed by atoms with Crippen LogP contribution in [0.15, 0.2) is 54.9 Å². The molecule has 5 nitrogen and oxygen atoms in total. The van der Waals surface area contributed by atoms with Crippen LogP contribution in [-0.4, -0.2) is 54.5 Å². The minimum absolute atomic E-state index is 0.0509. The highest BCUT2D eigenvalue weighted by molar-refractivity contribution is 5.75. The third kappa shape index (κ3) is 5.06. The first-order valence-corrected chi connectivity index (χ1v) is 8.27. The van der Waals surface area contributed by atoms with Crippen LogP contribution in [0.3, 0.4) is 0 Å². The Bertz CT molecular complexity index is 576. The van der Waals surface area contributed by atoms with Gasteiger partial charge in [-0.2, -0.15) is 0 Å². The van der Waals surface area contributed by atoms with Crippen LogP contribution in [0.4, 0.5) is 4.79 Å². The van der Waals surface area contributed by atoms with Gasteiger partial charge in [0.1, 0.15) is 0 Å². The van der Waals surface area contributed by atoms with E-state index in [2.05, 4.69) is 15.2 Å². The second-order valence-electron chi connectivity index (χ2n) is 5.96. The molecule has 1 atom stereocenters. The summed E-state index contributed by atoms with van der Waals surface area (Å²) in [6.45, 7) is 4.22. The summed E-state index contributed by atoms with van der Waals surface area (Å²) >= 11 is 0. The molecule has 2 aromatic rings. The van der Waals surface area contributed by atoms with E-state index in [-0.39, 0.29) is 12.1 Å². The monoisotopic (exact) mass is 326 g/mol. The lowest BCUT2D eigenvalue weighted by Crippen LogP contribution is -2.44. The SMILES string of the molecule is CCN(CCN(C)C)C(=O)N[C@@H](c1ccccc1)c1ccncc1. The Morgan fingerprint density at radius 2 is 1.67 bits per heavy atom. The second kappa shape index (κ2) is 9.03. The van der Waals surface area contributed by atoms with E-state index in [1.807, 2.05) is 68.4 Å². The molecule has 1 N–H and O–H groups in total. The number of benzene rings is 1. The second-order valence-corrected chi connectivity index (χ2v) is 5.96. The summed E-state index contributed by atoms with van der Waals surface area (Å²) in [4.78, 5) is 20.7. The van der Waals surface area contributed by atoms with Gasteiger partial charge in [0.25, 0.3) is 0 Å². The Kier molecular flexibility index (Phi) is 6.75. The Morgan fingerprint density at radius 1 is 1.04 bits per heavy atom. The van der Waals surface area contributed by atoms with Gasteiger partial charge in [-0.05, 0) is 44.3 Å². The van der Waals surface area contributed by atoms with Gasteiger partial charge in [0.05, 0.1) is 6.04 Å². The van der Waals surface area contributed by atoms with Crippen molar-refractivity contribution in [3.05, 3.63) is 66.0 Å².